The number of nitrogens with zero attached hydrogens (tertiary/aromatic N) is 4. The normalized spacial score (nSPS) is 18.9. The van der Waals surface area contributed by atoms with Crippen LogP contribution in [0.15, 0.2) is 72.8 Å². The number of aryl methyl sites for hydroxylation is 2. The van der Waals surface area contributed by atoms with Crippen molar-refractivity contribution in [2.24, 2.45) is 5.92 Å². The molecule has 1 N–H and O–H groups in total. The number of piperidine rings is 1. The minimum absolute atomic E-state index is 0.00870. The third-order valence-corrected chi connectivity index (χ3v) is 8.22. The number of aromatic nitrogens is 3. The zero-order valence-electron chi connectivity index (χ0n) is 23.5. The van der Waals surface area contributed by atoms with Crippen molar-refractivity contribution in [2.75, 3.05) is 17.3 Å². The Morgan fingerprint density at radius 1 is 0.927 bits per heavy atom. The van der Waals surface area contributed by atoms with Gasteiger partial charge in [-0.15, -0.1) is 10.2 Å². The summed E-state index contributed by atoms with van der Waals surface area (Å²) in [6.07, 6.45) is 5.17. The average Bonchev–Trinajstić information content (AvgIpc) is 3.25. The first-order valence-corrected chi connectivity index (χ1v) is 14.4. The summed E-state index contributed by atoms with van der Waals surface area (Å²) in [4.78, 5) is 29.1. The van der Waals surface area contributed by atoms with Crippen LogP contribution in [0.2, 0.25) is 0 Å². The maximum atomic E-state index is 13.9. The molecule has 41 heavy (non-hydrogen) atoms. The third kappa shape index (κ3) is 5.34. The fourth-order valence-electron chi connectivity index (χ4n) is 6.08. The Kier molecular flexibility index (Phi) is 7.55. The molecular formula is C33H35N5O3. The molecule has 3 aromatic carbocycles. The summed E-state index contributed by atoms with van der Waals surface area (Å²) in [6.45, 7) is 2.94. The summed E-state index contributed by atoms with van der Waals surface area (Å²) >= 11 is 0. The first-order chi connectivity index (χ1) is 20.0. The summed E-state index contributed by atoms with van der Waals surface area (Å²) in [6, 6.07) is 22.8. The Morgan fingerprint density at radius 2 is 1.71 bits per heavy atom. The second-order valence-electron chi connectivity index (χ2n) is 10.9. The van der Waals surface area contributed by atoms with Crippen LogP contribution in [0.25, 0.3) is 11.4 Å². The molecule has 2 aliphatic rings. The van der Waals surface area contributed by atoms with Crippen LogP contribution in [0.1, 0.15) is 55.1 Å². The van der Waals surface area contributed by atoms with Gasteiger partial charge < -0.3 is 19.5 Å². The number of anilines is 2. The molecule has 1 fully saturated rings. The predicted octanol–water partition coefficient (Wildman–Crippen LogP) is 6.11. The van der Waals surface area contributed by atoms with E-state index < -0.39 is 12.0 Å². The predicted molar refractivity (Wildman–Crippen MR) is 159 cm³/mol. The molecule has 2 atom stereocenters. The number of rotatable bonds is 6. The number of carbonyl (C=O) groups excluding carboxylic acids is 2. The van der Waals surface area contributed by atoms with E-state index in [1.165, 1.54) is 6.42 Å². The smallest absolute Gasteiger partial charge is 0.229 e. The summed E-state index contributed by atoms with van der Waals surface area (Å²) in [5, 5.41) is 12.0. The molecule has 8 heteroatoms. The van der Waals surface area contributed by atoms with E-state index in [4.69, 9.17) is 4.74 Å². The van der Waals surface area contributed by atoms with Crippen LogP contribution in [0.3, 0.4) is 0 Å². The van der Waals surface area contributed by atoms with Crippen LogP contribution in [0, 0.1) is 12.8 Å². The number of para-hydroxylation sites is 1. The zero-order chi connectivity index (χ0) is 28.3. The van der Waals surface area contributed by atoms with Crippen molar-refractivity contribution in [3.05, 3.63) is 89.7 Å². The van der Waals surface area contributed by atoms with E-state index in [1.807, 2.05) is 79.7 Å². The number of methoxy groups -OCH3 is 1. The highest BCUT2D eigenvalue weighted by Crippen LogP contribution is 2.43. The van der Waals surface area contributed by atoms with E-state index in [0.29, 0.717) is 17.9 Å². The lowest BCUT2D eigenvalue weighted by molar-refractivity contribution is -0.125. The highest BCUT2D eigenvalue weighted by molar-refractivity contribution is 6.00. The molecule has 6 rings (SSSR count). The van der Waals surface area contributed by atoms with Crippen LogP contribution in [-0.4, -0.2) is 33.7 Å². The molecule has 0 unspecified atom stereocenters. The summed E-state index contributed by atoms with van der Waals surface area (Å²) in [5.74, 6) is 1.95. The fourth-order valence-corrected chi connectivity index (χ4v) is 6.08. The first kappa shape index (κ1) is 26.7. The summed E-state index contributed by atoms with van der Waals surface area (Å²) < 4.78 is 7.92. The maximum absolute atomic E-state index is 13.9. The van der Waals surface area contributed by atoms with Crippen LogP contribution in [0.5, 0.6) is 5.75 Å². The monoisotopic (exact) mass is 549 g/mol. The van der Waals surface area contributed by atoms with Crippen molar-refractivity contribution in [3.8, 4) is 17.1 Å². The van der Waals surface area contributed by atoms with Gasteiger partial charge in [0.25, 0.3) is 0 Å². The van der Waals surface area contributed by atoms with Gasteiger partial charge in [-0.1, -0.05) is 42.3 Å². The van der Waals surface area contributed by atoms with Crippen molar-refractivity contribution in [3.63, 3.8) is 0 Å². The summed E-state index contributed by atoms with van der Waals surface area (Å²) in [7, 11) is 1.62. The van der Waals surface area contributed by atoms with Gasteiger partial charge in [-0.2, -0.15) is 0 Å². The Balaban J connectivity index is 1.29. The topological polar surface area (TPSA) is 89.3 Å². The number of benzene rings is 3. The van der Waals surface area contributed by atoms with Gasteiger partial charge in [0.1, 0.15) is 11.6 Å². The Hall–Kier alpha value is -4.46. The number of nitrogens with one attached hydrogen (secondary N) is 1. The molecule has 1 saturated heterocycles. The van der Waals surface area contributed by atoms with Gasteiger partial charge in [0.2, 0.25) is 11.8 Å². The van der Waals surface area contributed by atoms with E-state index in [-0.39, 0.29) is 18.2 Å². The minimum atomic E-state index is -0.513. The highest BCUT2D eigenvalue weighted by Gasteiger charge is 2.42. The standard InChI is InChI=1S/C33H35N5O3/c1-22-11-17-25(18-12-22)38-30(39)20-19-27(31(38)26-8-5-6-9-28(26)41-2)33(40)34-24-15-13-23(14-16-24)32-36-35-29-10-4-3-7-21-37(29)32/h5-6,8-9,11-18,27,31H,3-4,7,10,19-21H2,1-2H3,(H,34,40)/t27-,31+/m0/s1. The van der Waals surface area contributed by atoms with Gasteiger partial charge >= 0.3 is 0 Å². The molecule has 8 nitrogen and oxygen atoms in total. The lowest BCUT2D eigenvalue weighted by Gasteiger charge is -2.41. The van der Waals surface area contributed by atoms with Gasteiger partial charge in [-0.25, -0.2) is 0 Å². The van der Waals surface area contributed by atoms with Crippen LogP contribution in [-0.2, 0) is 22.6 Å². The molecule has 0 aliphatic carbocycles. The van der Waals surface area contributed by atoms with Crippen molar-refractivity contribution in [1.82, 2.24) is 14.8 Å². The van der Waals surface area contributed by atoms with Gasteiger partial charge in [-0.3, -0.25) is 9.59 Å². The number of amides is 2. The molecule has 0 bridgehead atoms. The van der Waals surface area contributed by atoms with E-state index >= 15 is 0 Å². The maximum Gasteiger partial charge on any atom is 0.229 e. The van der Waals surface area contributed by atoms with E-state index in [2.05, 4.69) is 20.1 Å². The van der Waals surface area contributed by atoms with Gasteiger partial charge in [0.05, 0.1) is 19.1 Å². The number of ether oxygens (including phenoxy) is 1. The lowest BCUT2D eigenvalue weighted by atomic mass is 9.82. The molecule has 2 aliphatic heterocycles. The molecule has 0 radical (unpaired) electrons. The second-order valence-corrected chi connectivity index (χ2v) is 10.9. The van der Waals surface area contributed by atoms with Crippen LogP contribution in [0.4, 0.5) is 11.4 Å². The molecule has 0 saturated carbocycles. The molecule has 2 amide bonds. The van der Waals surface area contributed by atoms with Crippen LogP contribution < -0.4 is 15.0 Å². The van der Waals surface area contributed by atoms with Crippen molar-refractivity contribution in [2.45, 2.75) is 58.0 Å². The second kappa shape index (κ2) is 11.6. The Labute approximate surface area is 240 Å². The van der Waals surface area contributed by atoms with Gasteiger partial charge in [0, 0.05) is 41.9 Å². The molecule has 210 valence electrons. The molecule has 1 aromatic heterocycles. The molecule has 0 spiro atoms. The average molecular weight is 550 g/mol. The molecule has 3 heterocycles. The van der Waals surface area contributed by atoms with Crippen molar-refractivity contribution >= 4 is 23.2 Å². The first-order valence-electron chi connectivity index (χ1n) is 14.4. The van der Waals surface area contributed by atoms with Crippen molar-refractivity contribution in [1.29, 1.82) is 0 Å². The fraction of sp³-hybridized carbons (Fsp3) is 0.333. The van der Waals surface area contributed by atoms with Gasteiger partial charge in [-0.05, 0) is 68.7 Å². The Morgan fingerprint density at radius 3 is 2.49 bits per heavy atom. The van der Waals surface area contributed by atoms with E-state index in [0.717, 1.165) is 59.8 Å². The third-order valence-electron chi connectivity index (χ3n) is 8.22. The molecular weight excluding hydrogens is 514 g/mol. The number of hydrogen-bond acceptors (Lipinski definition) is 5. The van der Waals surface area contributed by atoms with E-state index in [1.54, 1.807) is 12.0 Å². The van der Waals surface area contributed by atoms with Crippen LogP contribution >= 0.6 is 0 Å². The minimum Gasteiger partial charge on any atom is -0.496 e. The number of fused-ring (bicyclic) bond motifs is 1. The van der Waals surface area contributed by atoms with Gasteiger partial charge in [0.15, 0.2) is 5.82 Å². The number of hydrogen-bond donors (Lipinski definition) is 1. The zero-order valence-corrected chi connectivity index (χ0v) is 23.5. The highest BCUT2D eigenvalue weighted by atomic mass is 16.5. The van der Waals surface area contributed by atoms with Crippen molar-refractivity contribution < 1.29 is 14.3 Å². The Bertz CT molecular complexity index is 1540. The largest absolute Gasteiger partial charge is 0.496 e. The summed E-state index contributed by atoms with van der Waals surface area (Å²) in [5.41, 5.74) is 4.36. The quantitative estimate of drug-likeness (QED) is 0.313. The van der Waals surface area contributed by atoms with E-state index in [9.17, 15) is 9.59 Å². The SMILES string of the molecule is COc1ccccc1[C@@H]1[C@@H](C(=O)Nc2ccc(-c3nnc4n3CCCCC4)cc2)CCC(=O)N1c1ccc(C)cc1. The molecule has 4 aromatic rings. The number of carbonyl (C=O) groups is 2. The lowest BCUT2D eigenvalue weighted by Crippen LogP contribution is -2.47.